The largest absolute Gasteiger partial charge is 0.380 e. The van der Waals surface area contributed by atoms with Gasteiger partial charge in [-0.3, -0.25) is 14.5 Å². The summed E-state index contributed by atoms with van der Waals surface area (Å²) in [6, 6.07) is 0.419. The van der Waals surface area contributed by atoms with Crippen molar-refractivity contribution in [3.63, 3.8) is 0 Å². The molecule has 6 nitrogen and oxygen atoms in total. The number of rotatable bonds is 4. The van der Waals surface area contributed by atoms with Crippen molar-refractivity contribution < 1.29 is 9.59 Å². The molecule has 0 amide bonds. The summed E-state index contributed by atoms with van der Waals surface area (Å²) < 4.78 is 0. The monoisotopic (exact) mass is 286 g/mol. The second kappa shape index (κ2) is 5.73. The molecule has 3 rings (SSSR count). The van der Waals surface area contributed by atoms with E-state index >= 15 is 0 Å². The quantitative estimate of drug-likeness (QED) is 0.883. The van der Waals surface area contributed by atoms with Gasteiger partial charge in [-0.15, -0.1) is 0 Å². The Labute approximate surface area is 123 Å². The zero-order valence-corrected chi connectivity index (χ0v) is 12.0. The van der Waals surface area contributed by atoms with Crippen molar-refractivity contribution >= 4 is 11.6 Å². The molecule has 0 spiro atoms. The first-order valence-corrected chi connectivity index (χ1v) is 7.30. The van der Waals surface area contributed by atoms with E-state index in [4.69, 9.17) is 0 Å². The molecule has 0 radical (unpaired) electrons. The molecular formula is C15H18N4O2. The van der Waals surface area contributed by atoms with Crippen molar-refractivity contribution in [3.8, 4) is 0 Å². The molecule has 1 fully saturated rings. The first-order chi connectivity index (χ1) is 10.2. The summed E-state index contributed by atoms with van der Waals surface area (Å²) in [5.41, 5.74) is 0.617. The highest BCUT2D eigenvalue weighted by molar-refractivity contribution is 6.22. The summed E-state index contributed by atoms with van der Waals surface area (Å²) in [7, 11) is 0. The van der Waals surface area contributed by atoms with Crippen molar-refractivity contribution in [3.05, 3.63) is 35.6 Å². The summed E-state index contributed by atoms with van der Waals surface area (Å²) in [5.74, 6) is -0.516. The van der Waals surface area contributed by atoms with Gasteiger partial charge in [0.1, 0.15) is 11.4 Å². The number of allylic oxidation sites excluding steroid dienone is 2. The van der Waals surface area contributed by atoms with Crippen LogP contribution in [0.5, 0.6) is 0 Å². The Morgan fingerprint density at radius 1 is 1.29 bits per heavy atom. The van der Waals surface area contributed by atoms with Crippen molar-refractivity contribution in [2.75, 3.05) is 19.6 Å². The van der Waals surface area contributed by atoms with Crippen molar-refractivity contribution in [2.24, 2.45) is 0 Å². The van der Waals surface area contributed by atoms with Crippen molar-refractivity contribution in [1.29, 1.82) is 0 Å². The van der Waals surface area contributed by atoms with Gasteiger partial charge in [0.05, 0.1) is 5.70 Å². The lowest BCUT2D eigenvalue weighted by Gasteiger charge is -2.24. The van der Waals surface area contributed by atoms with E-state index in [1.807, 2.05) is 0 Å². The minimum absolute atomic E-state index is 0.143. The summed E-state index contributed by atoms with van der Waals surface area (Å²) in [6.07, 6.45) is 6.49. The third-order valence-electron chi connectivity index (χ3n) is 4.10. The number of likely N-dealkylation sites (tertiary alicyclic amines) is 1. The highest BCUT2D eigenvalue weighted by Gasteiger charge is 2.29. The fourth-order valence-corrected chi connectivity index (χ4v) is 2.98. The highest BCUT2D eigenvalue weighted by atomic mass is 16.1. The first kappa shape index (κ1) is 13.9. The van der Waals surface area contributed by atoms with E-state index < -0.39 is 0 Å². The third-order valence-corrected chi connectivity index (χ3v) is 4.10. The van der Waals surface area contributed by atoms with Gasteiger partial charge in [0, 0.05) is 31.1 Å². The Morgan fingerprint density at radius 2 is 2.05 bits per heavy atom. The number of aromatic nitrogens is 2. The zero-order chi connectivity index (χ0) is 14.8. The summed E-state index contributed by atoms with van der Waals surface area (Å²) in [4.78, 5) is 34.6. The molecule has 0 aromatic carbocycles. The van der Waals surface area contributed by atoms with E-state index in [0.717, 1.165) is 19.5 Å². The number of carbonyl (C=O) groups excluding carboxylic acids is 2. The Bertz CT molecular complexity index is 611. The van der Waals surface area contributed by atoms with Crippen LogP contribution in [-0.2, 0) is 0 Å². The summed E-state index contributed by atoms with van der Waals surface area (Å²) in [5, 5.41) is 3.13. The Kier molecular flexibility index (Phi) is 3.79. The number of Topliss-reactive ketones (excluding diaryl/α,β-unsaturated/α-hetero) is 1. The Balaban J connectivity index is 1.72. The lowest BCUT2D eigenvalue weighted by molar-refractivity contribution is 0.0969. The molecule has 21 heavy (non-hydrogen) atoms. The minimum atomic E-state index is -0.265. The highest BCUT2D eigenvalue weighted by Crippen LogP contribution is 2.18. The average molecular weight is 286 g/mol. The Hall–Kier alpha value is -2.08. The van der Waals surface area contributed by atoms with Gasteiger partial charge < -0.3 is 5.32 Å². The lowest BCUT2D eigenvalue weighted by atomic mass is 10.0. The van der Waals surface area contributed by atoms with Crippen LogP contribution < -0.4 is 5.32 Å². The molecule has 1 aromatic heterocycles. The standard InChI is InChI=1S/C15H18N4O2/c1-2-19-7-3-4-10(19)9-18-11-8-12(20)13-14(15(11)21)17-6-5-16-13/h5-6,8,10,18H,2-4,7,9H2,1H3/t10-/m0/s1. The van der Waals surface area contributed by atoms with Gasteiger partial charge >= 0.3 is 0 Å². The van der Waals surface area contributed by atoms with Crippen LogP contribution in [0, 0.1) is 0 Å². The van der Waals surface area contributed by atoms with Gasteiger partial charge in [0.25, 0.3) is 0 Å². The molecule has 110 valence electrons. The van der Waals surface area contributed by atoms with Crippen molar-refractivity contribution in [1.82, 2.24) is 20.2 Å². The number of hydrogen-bond acceptors (Lipinski definition) is 6. The molecule has 1 N–H and O–H groups in total. The third kappa shape index (κ3) is 2.58. The van der Waals surface area contributed by atoms with Crippen LogP contribution in [0.25, 0.3) is 0 Å². The molecule has 1 aromatic rings. The molecule has 6 heteroatoms. The van der Waals surface area contributed by atoms with E-state index in [9.17, 15) is 9.59 Å². The van der Waals surface area contributed by atoms with E-state index in [1.165, 1.54) is 24.9 Å². The van der Waals surface area contributed by atoms with Crippen molar-refractivity contribution in [2.45, 2.75) is 25.8 Å². The van der Waals surface area contributed by atoms with Crippen LogP contribution in [0.1, 0.15) is 40.7 Å². The van der Waals surface area contributed by atoms with Crippen LogP contribution in [0.3, 0.4) is 0 Å². The Morgan fingerprint density at radius 3 is 2.81 bits per heavy atom. The number of fused-ring (bicyclic) bond motifs is 1. The van der Waals surface area contributed by atoms with Crippen LogP contribution in [-0.4, -0.2) is 52.1 Å². The van der Waals surface area contributed by atoms with Crippen LogP contribution in [0.15, 0.2) is 24.2 Å². The summed E-state index contributed by atoms with van der Waals surface area (Å²) in [6.45, 7) is 4.92. The maximum absolute atomic E-state index is 12.3. The molecule has 2 heterocycles. The van der Waals surface area contributed by atoms with Gasteiger partial charge in [-0.05, 0) is 25.9 Å². The molecule has 1 saturated heterocycles. The summed E-state index contributed by atoms with van der Waals surface area (Å²) >= 11 is 0. The molecule has 2 aliphatic rings. The average Bonchev–Trinajstić information content (AvgIpc) is 2.97. The van der Waals surface area contributed by atoms with E-state index in [1.54, 1.807) is 0 Å². The van der Waals surface area contributed by atoms with Crippen LogP contribution in [0.2, 0.25) is 0 Å². The number of carbonyl (C=O) groups is 2. The number of nitrogens with one attached hydrogen (secondary N) is 1. The molecule has 0 unspecified atom stereocenters. The van der Waals surface area contributed by atoms with Crippen LogP contribution in [0.4, 0.5) is 0 Å². The SMILES string of the molecule is CCN1CCC[C@H]1CNC1=CC(=O)c2nccnc2C1=O. The number of hydrogen-bond donors (Lipinski definition) is 1. The number of nitrogens with zero attached hydrogens (tertiary/aromatic N) is 3. The van der Waals surface area contributed by atoms with Gasteiger partial charge in [0.15, 0.2) is 0 Å². The van der Waals surface area contributed by atoms with E-state index in [-0.39, 0.29) is 23.0 Å². The molecule has 1 aliphatic carbocycles. The smallest absolute Gasteiger partial charge is 0.229 e. The maximum atomic E-state index is 12.3. The molecule has 1 atom stereocenters. The minimum Gasteiger partial charge on any atom is -0.380 e. The fraction of sp³-hybridized carbons (Fsp3) is 0.467. The van der Waals surface area contributed by atoms with Gasteiger partial charge in [-0.25, -0.2) is 9.97 Å². The fourth-order valence-electron chi connectivity index (χ4n) is 2.98. The van der Waals surface area contributed by atoms with Gasteiger partial charge in [-0.2, -0.15) is 0 Å². The predicted molar refractivity (Wildman–Crippen MR) is 77.0 cm³/mol. The van der Waals surface area contributed by atoms with Crippen LogP contribution >= 0.6 is 0 Å². The maximum Gasteiger partial charge on any atom is 0.229 e. The van der Waals surface area contributed by atoms with Gasteiger partial charge in [-0.1, -0.05) is 6.92 Å². The normalized spacial score (nSPS) is 22.1. The van der Waals surface area contributed by atoms with E-state index in [2.05, 4.69) is 27.1 Å². The molecular weight excluding hydrogens is 268 g/mol. The first-order valence-electron chi connectivity index (χ1n) is 7.30. The topological polar surface area (TPSA) is 75.2 Å². The number of likely N-dealkylation sites (N-methyl/N-ethyl adjacent to an activating group) is 1. The van der Waals surface area contributed by atoms with E-state index in [0.29, 0.717) is 18.3 Å². The van der Waals surface area contributed by atoms with Gasteiger partial charge in [0.2, 0.25) is 11.6 Å². The predicted octanol–water partition coefficient (Wildman–Crippen LogP) is 0.813. The molecule has 0 saturated carbocycles. The second-order valence-corrected chi connectivity index (χ2v) is 5.31. The molecule has 1 aliphatic heterocycles. The lowest BCUT2D eigenvalue weighted by Crippen LogP contribution is -2.39. The molecule has 0 bridgehead atoms. The second-order valence-electron chi connectivity index (χ2n) is 5.31. The number of ketones is 2. The zero-order valence-electron chi connectivity index (χ0n) is 12.0.